The summed E-state index contributed by atoms with van der Waals surface area (Å²) in [5, 5.41) is 0.463. The molecule has 2 aromatic carbocycles. The van der Waals surface area contributed by atoms with E-state index in [2.05, 4.69) is 21.4 Å². The van der Waals surface area contributed by atoms with Gasteiger partial charge in [-0.05, 0) is 52.7 Å². The molecule has 0 spiro atoms. The van der Waals surface area contributed by atoms with Gasteiger partial charge in [0.15, 0.2) is 10.5 Å². The van der Waals surface area contributed by atoms with E-state index in [1.54, 1.807) is 0 Å². The highest BCUT2D eigenvalue weighted by atomic mass is 79.9. The first-order valence-corrected chi connectivity index (χ1v) is 10.0. The molecule has 0 radical (unpaired) electrons. The lowest BCUT2D eigenvalue weighted by Gasteiger charge is -2.13. The average Bonchev–Trinajstić information content (AvgIpc) is 2.65. The number of rotatable bonds is 10. The average molecular weight is 533 g/mol. The van der Waals surface area contributed by atoms with Gasteiger partial charge in [0, 0.05) is 18.7 Å². The van der Waals surface area contributed by atoms with Crippen molar-refractivity contribution >= 4 is 39.1 Å². The second-order valence-corrected chi connectivity index (χ2v) is 7.31. The van der Waals surface area contributed by atoms with Gasteiger partial charge in [-0.15, -0.1) is 0 Å². The van der Waals surface area contributed by atoms with Crippen molar-refractivity contribution in [2.45, 2.75) is 12.6 Å². The molecule has 1 N–H and O–H groups in total. The number of halogens is 7. The smallest absolute Gasteiger partial charge is 0.416 e. The molecule has 0 aliphatic heterocycles. The minimum atomic E-state index is -4.39. The fourth-order valence-electron chi connectivity index (χ4n) is 2.12. The number of hydrogen-bond acceptors (Lipinski definition) is 4. The maximum absolute atomic E-state index is 12.6. The molecule has 2 aromatic rings. The Morgan fingerprint density at radius 2 is 1.67 bits per heavy atom. The van der Waals surface area contributed by atoms with Crippen LogP contribution in [-0.2, 0) is 6.18 Å². The van der Waals surface area contributed by atoms with Crippen LogP contribution in [-0.4, -0.2) is 19.8 Å². The van der Waals surface area contributed by atoms with Crippen molar-refractivity contribution in [2.75, 3.05) is 19.8 Å². The normalized spacial score (nSPS) is 12.0. The highest BCUT2D eigenvalue weighted by molar-refractivity contribution is 9.11. The molecule has 0 amide bonds. The highest BCUT2D eigenvalue weighted by Gasteiger charge is 2.30. The first-order valence-electron chi connectivity index (χ1n) is 8.49. The summed E-state index contributed by atoms with van der Waals surface area (Å²) in [5.74, 6) is 0.880. The Hall–Kier alpha value is -1.68. The lowest BCUT2D eigenvalue weighted by molar-refractivity contribution is -0.137. The lowest BCUT2D eigenvalue weighted by Crippen LogP contribution is -2.21. The van der Waals surface area contributed by atoms with Crippen molar-refractivity contribution in [1.29, 1.82) is 0 Å². The van der Waals surface area contributed by atoms with Crippen LogP contribution in [0.15, 0.2) is 47.2 Å². The van der Waals surface area contributed by atoms with Gasteiger partial charge in [-0.1, -0.05) is 23.2 Å². The largest absolute Gasteiger partial charge is 0.490 e. The van der Waals surface area contributed by atoms with E-state index in [4.69, 9.17) is 37.5 Å². The Bertz CT molecular complexity index is 837. The molecule has 0 aromatic heterocycles. The molecule has 0 bridgehead atoms. The van der Waals surface area contributed by atoms with Crippen LogP contribution < -0.4 is 19.8 Å². The van der Waals surface area contributed by atoms with E-state index in [0.29, 0.717) is 18.7 Å². The van der Waals surface area contributed by atoms with Gasteiger partial charge in [0.05, 0.1) is 22.2 Å². The Morgan fingerprint density at radius 1 is 1.03 bits per heavy atom. The summed E-state index contributed by atoms with van der Waals surface area (Å²) in [6, 6.07) is 7.30. The molecule has 0 saturated heterocycles. The van der Waals surface area contributed by atoms with Crippen molar-refractivity contribution in [3.63, 3.8) is 0 Å². The second kappa shape index (κ2) is 11.6. The summed E-state index contributed by atoms with van der Waals surface area (Å²) in [6.45, 7) is 0.608. The number of hydroxylamine groups is 1. The fraction of sp³-hybridized carbons (Fsp3) is 0.263. The predicted octanol–water partition coefficient (Wildman–Crippen LogP) is 6.95. The van der Waals surface area contributed by atoms with E-state index in [1.807, 2.05) is 0 Å². The van der Waals surface area contributed by atoms with Crippen molar-refractivity contribution in [3.8, 4) is 17.2 Å². The van der Waals surface area contributed by atoms with Gasteiger partial charge in [0.25, 0.3) is 0 Å². The number of ether oxygens (including phenoxy) is 2. The SMILES string of the molecule is FC(Br)=CCOc1cc(Cl)c(OCCCNOc2ccc(C(F)(F)F)cc2)c(Cl)c1. The first-order chi connectivity index (χ1) is 14.2. The third kappa shape index (κ3) is 8.22. The standard InChI is InChI=1S/C19H16BrCl2F4NO3/c20-17(23)6-9-28-14-10-15(21)18(16(22)11-14)29-8-1-7-27-30-13-4-2-12(3-5-13)19(24,25)26/h2-6,10-11,27H,1,7-9H2. The zero-order valence-corrected chi connectivity index (χ0v) is 18.3. The second-order valence-electron chi connectivity index (χ2n) is 5.74. The van der Waals surface area contributed by atoms with Crippen LogP contribution in [0, 0.1) is 0 Å². The van der Waals surface area contributed by atoms with Crippen LogP contribution in [0.5, 0.6) is 17.2 Å². The number of alkyl halides is 3. The van der Waals surface area contributed by atoms with Crippen LogP contribution in [0.2, 0.25) is 10.0 Å². The zero-order valence-electron chi connectivity index (χ0n) is 15.2. The number of hydrogen-bond donors (Lipinski definition) is 1. The van der Waals surface area contributed by atoms with E-state index in [9.17, 15) is 17.6 Å². The van der Waals surface area contributed by atoms with Crippen LogP contribution >= 0.6 is 39.1 Å². The summed E-state index contributed by atoms with van der Waals surface area (Å²) in [4.78, 5) is 5.17. The Balaban J connectivity index is 1.73. The van der Waals surface area contributed by atoms with Crippen molar-refractivity contribution in [3.05, 3.63) is 62.8 Å². The molecule has 0 fully saturated rings. The van der Waals surface area contributed by atoms with E-state index < -0.39 is 16.5 Å². The minimum Gasteiger partial charge on any atom is -0.490 e. The third-order valence-corrected chi connectivity index (χ3v) is 4.39. The Kier molecular flexibility index (Phi) is 9.54. The predicted molar refractivity (Wildman–Crippen MR) is 110 cm³/mol. The van der Waals surface area contributed by atoms with Crippen molar-refractivity contribution < 1.29 is 31.9 Å². The lowest BCUT2D eigenvalue weighted by atomic mass is 10.2. The zero-order chi connectivity index (χ0) is 22.1. The molecule has 0 saturated carbocycles. The molecule has 0 heterocycles. The molecule has 4 nitrogen and oxygen atoms in total. The third-order valence-electron chi connectivity index (χ3n) is 3.50. The minimum absolute atomic E-state index is 0.00541. The topological polar surface area (TPSA) is 39.7 Å². The maximum atomic E-state index is 12.6. The summed E-state index contributed by atoms with van der Waals surface area (Å²) in [5.41, 5.74) is 1.88. The van der Waals surface area contributed by atoms with Crippen molar-refractivity contribution in [2.24, 2.45) is 0 Å². The van der Waals surface area contributed by atoms with Gasteiger partial charge in [-0.3, -0.25) is 0 Å². The molecule has 11 heteroatoms. The van der Waals surface area contributed by atoms with Gasteiger partial charge in [-0.2, -0.15) is 23.0 Å². The monoisotopic (exact) mass is 531 g/mol. The van der Waals surface area contributed by atoms with Gasteiger partial charge in [-0.25, -0.2) is 0 Å². The van der Waals surface area contributed by atoms with Crippen LogP contribution in [0.1, 0.15) is 12.0 Å². The quantitative estimate of drug-likeness (QED) is 0.204. The van der Waals surface area contributed by atoms with Crippen LogP contribution in [0.4, 0.5) is 17.6 Å². The molecule has 0 unspecified atom stereocenters. The van der Waals surface area contributed by atoms with E-state index in [1.165, 1.54) is 30.3 Å². The Labute approximate surface area is 188 Å². The van der Waals surface area contributed by atoms with E-state index >= 15 is 0 Å². The summed E-state index contributed by atoms with van der Waals surface area (Å²) in [7, 11) is 0. The fourth-order valence-corrected chi connectivity index (χ4v) is 2.83. The van der Waals surface area contributed by atoms with Gasteiger partial charge in [0.1, 0.15) is 18.1 Å². The van der Waals surface area contributed by atoms with Gasteiger partial charge >= 0.3 is 6.18 Å². The number of nitrogens with one attached hydrogen (secondary N) is 1. The van der Waals surface area contributed by atoms with Crippen molar-refractivity contribution in [1.82, 2.24) is 5.48 Å². The van der Waals surface area contributed by atoms with Crippen LogP contribution in [0.25, 0.3) is 0 Å². The molecular formula is C19H16BrCl2F4NO3. The molecule has 0 aliphatic carbocycles. The van der Waals surface area contributed by atoms with E-state index in [0.717, 1.165) is 12.1 Å². The molecule has 0 atom stereocenters. The number of benzene rings is 2. The first kappa shape index (κ1) is 24.6. The summed E-state index contributed by atoms with van der Waals surface area (Å²) >= 11 is 14.9. The van der Waals surface area contributed by atoms with Gasteiger partial charge < -0.3 is 14.3 Å². The molecule has 0 aliphatic rings. The molecule has 30 heavy (non-hydrogen) atoms. The maximum Gasteiger partial charge on any atom is 0.416 e. The highest BCUT2D eigenvalue weighted by Crippen LogP contribution is 2.37. The molecular weight excluding hydrogens is 517 g/mol. The molecule has 2 rings (SSSR count). The van der Waals surface area contributed by atoms with E-state index in [-0.39, 0.29) is 34.8 Å². The summed E-state index contributed by atoms with van der Waals surface area (Å²) in [6.07, 6.45) is -2.70. The van der Waals surface area contributed by atoms with Gasteiger partial charge in [0.2, 0.25) is 0 Å². The molecule has 164 valence electrons. The Morgan fingerprint density at radius 3 is 2.23 bits per heavy atom. The summed E-state index contributed by atoms with van der Waals surface area (Å²) < 4.78 is 60.4. The van der Waals surface area contributed by atoms with Crippen LogP contribution in [0.3, 0.4) is 0 Å².